The van der Waals surface area contributed by atoms with E-state index in [1.165, 1.54) is 180 Å². The molecule has 1 fully saturated rings. The molecule has 0 radical (unpaired) electrons. The zero-order valence-corrected chi connectivity index (χ0v) is 40.4. The molecule has 3 unspecified atom stereocenters. The summed E-state index contributed by atoms with van der Waals surface area (Å²) in [5.74, 6) is 1.40. The molecule has 0 N–H and O–H groups in total. The number of unbranched alkanes of at least 4 members (excludes halogenated alkanes) is 22. The van der Waals surface area contributed by atoms with Crippen LogP contribution >= 0.6 is 0 Å². The van der Waals surface area contributed by atoms with Crippen LogP contribution in [0, 0.1) is 11.8 Å². The third-order valence-electron chi connectivity index (χ3n) is 14.8. The highest BCUT2D eigenvalue weighted by atomic mass is 28.3. The van der Waals surface area contributed by atoms with E-state index in [1.54, 1.807) is 22.3 Å². The summed E-state index contributed by atoms with van der Waals surface area (Å²) in [7, 11) is -1.81. The van der Waals surface area contributed by atoms with Crippen LogP contribution in [0.5, 0.6) is 0 Å². The summed E-state index contributed by atoms with van der Waals surface area (Å²) in [4.78, 5) is 0. The fourth-order valence-corrected chi connectivity index (χ4v) is 18.9. The molecule has 0 amide bonds. The third-order valence-corrected chi connectivity index (χ3v) is 19.8. The van der Waals surface area contributed by atoms with Gasteiger partial charge in [-0.1, -0.05) is 224 Å². The van der Waals surface area contributed by atoms with Crippen molar-refractivity contribution < 1.29 is 0 Å². The standard InChI is InChI=1S/C54H95NSi/c1-11-13-15-17-19-21-23-25-27-29-31-35-41-54(42-36-32-30-28-26-24-22-20-18-16-14-12-2)49-38-34-33-37-46(49)48-43-45-39-40-51(47(45)44-50(48)54)56(9,10)55(52(3,4)5)53(6,7)8/h33-34,37-38,43-45,47,51H,11-32,35-36,39-42H2,1-10H3. The lowest BCUT2D eigenvalue weighted by Crippen LogP contribution is -2.67. The Balaban J connectivity index is 1.49. The summed E-state index contributed by atoms with van der Waals surface area (Å²) in [5.41, 5.74) is 8.08. The predicted molar refractivity (Wildman–Crippen MR) is 254 cm³/mol. The van der Waals surface area contributed by atoms with Crippen LogP contribution in [0.4, 0.5) is 0 Å². The van der Waals surface area contributed by atoms with Crippen molar-refractivity contribution >= 4 is 13.8 Å². The summed E-state index contributed by atoms with van der Waals surface area (Å²) in [6.07, 6.45) is 45.6. The second-order valence-electron chi connectivity index (χ2n) is 21.8. The molecule has 1 nitrogen and oxygen atoms in total. The minimum absolute atomic E-state index is 0.172. The molecule has 3 atom stereocenters. The SMILES string of the molecule is CCCCCCCCCCCCCCC1(CCCCCCCCCCCCCC)C2=CC3C(C=C2c2ccccc21)CCC3[Si](C)(C)N(C(C)(C)C)C(C)(C)C. The van der Waals surface area contributed by atoms with Gasteiger partial charge in [0.25, 0.3) is 0 Å². The van der Waals surface area contributed by atoms with Crippen LogP contribution in [0.15, 0.2) is 42.0 Å². The normalized spacial score (nSPS) is 20.6. The lowest BCUT2D eigenvalue weighted by molar-refractivity contribution is 0.122. The second kappa shape index (κ2) is 23.0. The van der Waals surface area contributed by atoms with Crippen LogP contribution in [0.2, 0.25) is 18.6 Å². The first-order chi connectivity index (χ1) is 26.8. The van der Waals surface area contributed by atoms with Gasteiger partial charge < -0.3 is 4.57 Å². The van der Waals surface area contributed by atoms with Crippen LogP contribution in [0.1, 0.15) is 246 Å². The average Bonchev–Trinajstić information content (AvgIpc) is 3.68. The molecule has 0 aliphatic heterocycles. The average molecular weight is 786 g/mol. The highest BCUT2D eigenvalue weighted by Crippen LogP contribution is 2.62. The van der Waals surface area contributed by atoms with E-state index in [0.717, 1.165) is 5.54 Å². The molecule has 56 heavy (non-hydrogen) atoms. The Hall–Kier alpha value is -1.12. The molecule has 3 aliphatic carbocycles. The molecule has 1 saturated carbocycles. The predicted octanol–water partition coefficient (Wildman–Crippen LogP) is 17.9. The minimum Gasteiger partial charge on any atom is -0.314 e. The van der Waals surface area contributed by atoms with Gasteiger partial charge in [0.2, 0.25) is 0 Å². The van der Waals surface area contributed by atoms with Gasteiger partial charge in [-0.2, -0.15) is 0 Å². The molecule has 0 spiro atoms. The lowest BCUT2D eigenvalue weighted by Gasteiger charge is -2.57. The number of benzene rings is 1. The Labute approximate surface area is 352 Å². The number of hydrogen-bond acceptors (Lipinski definition) is 1. The zero-order chi connectivity index (χ0) is 40.7. The highest BCUT2D eigenvalue weighted by molar-refractivity contribution is 6.76. The van der Waals surface area contributed by atoms with Gasteiger partial charge >= 0.3 is 0 Å². The van der Waals surface area contributed by atoms with Crippen molar-refractivity contribution in [2.24, 2.45) is 11.8 Å². The minimum atomic E-state index is -1.81. The summed E-state index contributed by atoms with van der Waals surface area (Å²) >= 11 is 0. The molecule has 320 valence electrons. The van der Waals surface area contributed by atoms with Gasteiger partial charge in [-0.15, -0.1) is 0 Å². The van der Waals surface area contributed by atoms with Gasteiger partial charge in [0.1, 0.15) is 8.24 Å². The summed E-state index contributed by atoms with van der Waals surface area (Å²) in [6, 6.07) is 9.79. The van der Waals surface area contributed by atoms with Crippen LogP contribution in [0.25, 0.3) is 5.57 Å². The number of allylic oxidation sites excluding steroid dienone is 4. The molecule has 2 heteroatoms. The molecule has 0 saturated heterocycles. The van der Waals surface area contributed by atoms with E-state index in [1.807, 2.05) is 0 Å². The Morgan fingerprint density at radius 1 is 0.554 bits per heavy atom. The van der Waals surface area contributed by atoms with E-state index < -0.39 is 8.24 Å². The van der Waals surface area contributed by atoms with Crippen molar-refractivity contribution in [2.45, 2.75) is 270 Å². The van der Waals surface area contributed by atoms with Gasteiger partial charge in [-0.3, -0.25) is 0 Å². The Bertz CT molecular complexity index is 1280. The first-order valence-electron chi connectivity index (χ1n) is 25.1. The van der Waals surface area contributed by atoms with Crippen LogP contribution < -0.4 is 0 Å². The lowest BCUT2D eigenvalue weighted by atomic mass is 9.68. The van der Waals surface area contributed by atoms with Crippen molar-refractivity contribution in [3.05, 3.63) is 53.1 Å². The van der Waals surface area contributed by atoms with Gasteiger partial charge in [-0.05, 0) is 100 Å². The van der Waals surface area contributed by atoms with Crippen LogP contribution in [-0.2, 0) is 5.41 Å². The largest absolute Gasteiger partial charge is 0.314 e. The third kappa shape index (κ3) is 12.9. The maximum atomic E-state index is 3.02. The van der Waals surface area contributed by atoms with Crippen molar-refractivity contribution in [2.75, 3.05) is 0 Å². The molecule has 1 aromatic carbocycles. The zero-order valence-electron chi connectivity index (χ0n) is 39.4. The quantitative estimate of drug-likeness (QED) is 0.0604. The number of hydrogen-bond donors (Lipinski definition) is 0. The van der Waals surface area contributed by atoms with Gasteiger partial charge in [0.05, 0.1) is 0 Å². The van der Waals surface area contributed by atoms with Crippen molar-refractivity contribution in [1.82, 2.24) is 4.57 Å². The molecule has 0 aromatic heterocycles. The van der Waals surface area contributed by atoms with Crippen molar-refractivity contribution in [3.63, 3.8) is 0 Å². The Morgan fingerprint density at radius 3 is 1.39 bits per heavy atom. The highest BCUT2D eigenvalue weighted by Gasteiger charge is 2.55. The molecule has 1 aromatic rings. The molecule has 0 bridgehead atoms. The van der Waals surface area contributed by atoms with E-state index in [4.69, 9.17) is 0 Å². The summed E-state index contributed by atoms with van der Waals surface area (Å²) in [5, 5.41) is 0. The summed E-state index contributed by atoms with van der Waals surface area (Å²) in [6.45, 7) is 25.0. The number of fused-ring (bicyclic) bond motifs is 4. The van der Waals surface area contributed by atoms with E-state index in [-0.39, 0.29) is 16.5 Å². The number of nitrogens with zero attached hydrogens (tertiary/aromatic N) is 1. The Morgan fingerprint density at radius 2 is 0.964 bits per heavy atom. The maximum absolute atomic E-state index is 3.02. The van der Waals surface area contributed by atoms with E-state index >= 15 is 0 Å². The van der Waals surface area contributed by atoms with Gasteiger partial charge in [-0.25, -0.2) is 0 Å². The molecule has 0 heterocycles. The maximum Gasteiger partial charge on any atom is 0.126 e. The summed E-state index contributed by atoms with van der Waals surface area (Å²) < 4.78 is 3.02. The Kier molecular flexibility index (Phi) is 19.6. The van der Waals surface area contributed by atoms with E-state index in [9.17, 15) is 0 Å². The fraction of sp³-hybridized carbons (Fsp3) is 0.815. The van der Waals surface area contributed by atoms with Crippen molar-refractivity contribution in [1.29, 1.82) is 0 Å². The molecule has 4 rings (SSSR count). The molecular formula is C54H95NSi. The molecular weight excluding hydrogens is 691 g/mol. The topological polar surface area (TPSA) is 3.24 Å². The van der Waals surface area contributed by atoms with Crippen LogP contribution in [-0.4, -0.2) is 23.9 Å². The van der Waals surface area contributed by atoms with E-state index in [2.05, 4.69) is 109 Å². The monoisotopic (exact) mass is 786 g/mol. The van der Waals surface area contributed by atoms with Crippen LogP contribution in [0.3, 0.4) is 0 Å². The smallest absolute Gasteiger partial charge is 0.126 e. The first-order valence-corrected chi connectivity index (χ1v) is 28.2. The number of rotatable bonds is 28. The van der Waals surface area contributed by atoms with Crippen molar-refractivity contribution in [3.8, 4) is 0 Å². The van der Waals surface area contributed by atoms with Gasteiger partial charge in [0.15, 0.2) is 0 Å². The van der Waals surface area contributed by atoms with Gasteiger partial charge in [0, 0.05) is 16.5 Å². The molecule has 3 aliphatic rings. The second-order valence-corrected chi connectivity index (χ2v) is 26.3. The van der Waals surface area contributed by atoms with E-state index in [0.29, 0.717) is 11.8 Å². The first kappa shape index (κ1) is 47.6. The fourth-order valence-electron chi connectivity index (χ4n) is 12.9.